The van der Waals surface area contributed by atoms with Gasteiger partial charge in [0.2, 0.25) is 0 Å². The molecule has 1 aromatic heterocycles. The number of carbonyl (C=O) groups is 2. The molecule has 0 unspecified atom stereocenters. The van der Waals surface area contributed by atoms with Crippen LogP contribution in [0, 0.1) is 30.1 Å². The van der Waals surface area contributed by atoms with Crippen LogP contribution in [-0.2, 0) is 0 Å². The van der Waals surface area contributed by atoms with Crippen LogP contribution in [0.1, 0.15) is 37.8 Å². The quantitative estimate of drug-likeness (QED) is 0.586. The highest BCUT2D eigenvalue weighted by Crippen LogP contribution is 2.50. The fourth-order valence-electron chi connectivity index (χ4n) is 4.60. The van der Waals surface area contributed by atoms with Crippen molar-refractivity contribution in [1.29, 1.82) is 5.26 Å². The van der Waals surface area contributed by atoms with Crippen LogP contribution in [0.4, 0.5) is 0 Å². The molecule has 0 radical (unpaired) electrons. The number of nitrogens with one attached hydrogen (secondary N) is 1. The topological polar surface area (TPSA) is 86.1 Å². The monoisotopic (exact) mass is 476 g/mol. The number of rotatable bonds is 5. The number of fused-ring (bicyclic) bond motifs is 1. The second kappa shape index (κ2) is 8.62. The largest absolute Gasteiger partial charge is 0.350 e. The summed E-state index contributed by atoms with van der Waals surface area (Å²) in [6.45, 7) is 2.97. The van der Waals surface area contributed by atoms with Crippen molar-refractivity contribution in [3.8, 4) is 16.5 Å². The predicted octanol–water partition coefficient (Wildman–Crippen LogP) is 4.53. The Morgan fingerprint density at radius 1 is 1.27 bits per heavy atom. The van der Waals surface area contributed by atoms with Gasteiger partial charge in [-0.1, -0.05) is 29.8 Å². The second-order valence-corrected chi connectivity index (χ2v) is 10.1. The summed E-state index contributed by atoms with van der Waals surface area (Å²) < 4.78 is 0. The minimum Gasteiger partial charge on any atom is -0.350 e. The van der Waals surface area contributed by atoms with Crippen molar-refractivity contribution in [2.24, 2.45) is 11.8 Å². The summed E-state index contributed by atoms with van der Waals surface area (Å²) in [6.07, 6.45) is 1.08. The second-order valence-electron chi connectivity index (χ2n) is 8.50. The molecule has 1 saturated heterocycles. The Bertz CT molecular complexity index is 1280. The number of piperidine rings is 1. The number of nitriles is 1. The lowest BCUT2D eigenvalue weighted by Gasteiger charge is -2.27. The van der Waals surface area contributed by atoms with Crippen LogP contribution < -0.4 is 5.32 Å². The molecule has 166 valence electrons. The van der Waals surface area contributed by atoms with Crippen molar-refractivity contribution in [2.75, 3.05) is 13.1 Å². The van der Waals surface area contributed by atoms with Gasteiger partial charge in [-0.25, -0.2) is 4.98 Å². The normalized spacial score (nSPS) is 20.8. The molecule has 0 spiro atoms. The molecular formula is C25H21ClN4O2S. The number of benzene rings is 2. The zero-order chi connectivity index (χ0) is 23.1. The van der Waals surface area contributed by atoms with Crippen molar-refractivity contribution < 1.29 is 9.59 Å². The van der Waals surface area contributed by atoms with Crippen molar-refractivity contribution in [2.45, 2.75) is 19.4 Å². The van der Waals surface area contributed by atoms with Gasteiger partial charge in [0.15, 0.2) is 0 Å². The van der Waals surface area contributed by atoms with Gasteiger partial charge in [0.1, 0.15) is 5.69 Å². The highest BCUT2D eigenvalue weighted by molar-refractivity contribution is 7.15. The Labute approximate surface area is 200 Å². The lowest BCUT2D eigenvalue weighted by atomic mass is 10.1. The van der Waals surface area contributed by atoms with Crippen LogP contribution in [0.5, 0.6) is 0 Å². The minimum absolute atomic E-state index is 0.0542. The number of carbonyl (C=O) groups excluding carboxylic acids is 2. The van der Waals surface area contributed by atoms with E-state index in [-0.39, 0.29) is 17.9 Å². The highest BCUT2D eigenvalue weighted by Gasteiger charge is 2.54. The fourth-order valence-corrected chi connectivity index (χ4v) is 5.70. The van der Waals surface area contributed by atoms with Crippen LogP contribution in [0.3, 0.4) is 0 Å². The van der Waals surface area contributed by atoms with Crippen molar-refractivity contribution in [3.63, 3.8) is 0 Å². The molecule has 8 heteroatoms. The smallest absolute Gasteiger partial charge is 0.274 e. The Kier molecular flexibility index (Phi) is 5.65. The van der Waals surface area contributed by atoms with Gasteiger partial charge in [-0.15, -0.1) is 11.3 Å². The van der Waals surface area contributed by atoms with E-state index < -0.39 is 0 Å². The van der Waals surface area contributed by atoms with Crippen molar-refractivity contribution >= 4 is 34.8 Å². The average Bonchev–Trinajstić information content (AvgIpc) is 3.34. The summed E-state index contributed by atoms with van der Waals surface area (Å²) in [4.78, 5) is 33.5. The maximum absolute atomic E-state index is 13.6. The number of likely N-dealkylation sites (tertiary alicyclic amines) is 1. The molecule has 1 N–H and O–H groups in total. The van der Waals surface area contributed by atoms with E-state index in [2.05, 4.69) is 16.4 Å². The molecule has 0 bridgehead atoms. The SMILES string of the molecule is Cc1nc(C(=O)N2C[C@@H]3C[C@@H]3[C@H]2CNC(=O)c2cccc(Cl)c2)c(-c2ccc(C#N)cc2)s1. The van der Waals surface area contributed by atoms with Gasteiger partial charge < -0.3 is 10.2 Å². The number of nitrogens with zero attached hydrogens (tertiary/aromatic N) is 3. The Hall–Kier alpha value is -3.21. The summed E-state index contributed by atoms with van der Waals surface area (Å²) in [5, 5.41) is 13.4. The lowest BCUT2D eigenvalue weighted by Crippen LogP contribution is -2.45. The maximum Gasteiger partial charge on any atom is 0.274 e. The molecule has 6 nitrogen and oxygen atoms in total. The number of hydrogen-bond donors (Lipinski definition) is 1. The summed E-state index contributed by atoms with van der Waals surface area (Å²) in [6, 6.07) is 16.1. The van der Waals surface area contributed by atoms with Gasteiger partial charge in [0, 0.05) is 23.7 Å². The summed E-state index contributed by atoms with van der Waals surface area (Å²) >= 11 is 7.48. The minimum atomic E-state index is -0.197. The number of aromatic nitrogens is 1. The van der Waals surface area contributed by atoms with Gasteiger partial charge in [-0.3, -0.25) is 9.59 Å². The molecule has 2 fully saturated rings. The average molecular weight is 477 g/mol. The molecule has 2 aromatic carbocycles. The van der Waals surface area contributed by atoms with Gasteiger partial charge >= 0.3 is 0 Å². The summed E-state index contributed by atoms with van der Waals surface area (Å²) in [7, 11) is 0. The molecule has 1 saturated carbocycles. The molecule has 2 aliphatic rings. The first kappa shape index (κ1) is 21.6. The number of aryl methyl sites for hydroxylation is 1. The molecule has 5 rings (SSSR count). The molecule has 3 atom stereocenters. The van der Waals surface area contributed by atoms with E-state index in [9.17, 15) is 9.59 Å². The summed E-state index contributed by atoms with van der Waals surface area (Å²) in [5.41, 5.74) is 2.39. The van der Waals surface area contributed by atoms with Crippen LogP contribution in [-0.4, -0.2) is 40.8 Å². The first-order valence-electron chi connectivity index (χ1n) is 10.8. The van der Waals surface area contributed by atoms with E-state index in [1.807, 2.05) is 24.0 Å². The maximum atomic E-state index is 13.6. The third-order valence-corrected chi connectivity index (χ3v) is 7.59. The molecule has 33 heavy (non-hydrogen) atoms. The van der Waals surface area contributed by atoms with Crippen LogP contribution in [0.25, 0.3) is 10.4 Å². The number of amides is 2. The Balaban J connectivity index is 1.35. The summed E-state index contributed by atoms with van der Waals surface area (Å²) in [5.74, 6) is 0.594. The molecule has 3 aromatic rings. The fraction of sp³-hybridized carbons (Fsp3) is 0.280. The van der Waals surface area contributed by atoms with Gasteiger partial charge in [0.25, 0.3) is 11.8 Å². The predicted molar refractivity (Wildman–Crippen MR) is 127 cm³/mol. The zero-order valence-corrected chi connectivity index (χ0v) is 19.5. The molecule has 1 aliphatic carbocycles. The van der Waals surface area contributed by atoms with Crippen molar-refractivity contribution in [3.05, 3.63) is 75.4 Å². The first-order valence-corrected chi connectivity index (χ1v) is 12.0. The van der Waals surface area contributed by atoms with Gasteiger partial charge in [-0.05, 0) is 61.1 Å². The van der Waals surface area contributed by atoms with E-state index in [1.54, 1.807) is 36.4 Å². The molecule has 1 aliphatic heterocycles. The third-order valence-electron chi connectivity index (χ3n) is 6.34. The van der Waals surface area contributed by atoms with Crippen LogP contribution >= 0.6 is 22.9 Å². The van der Waals surface area contributed by atoms with E-state index in [4.69, 9.17) is 16.9 Å². The molecule has 2 heterocycles. The highest BCUT2D eigenvalue weighted by atomic mass is 35.5. The van der Waals surface area contributed by atoms with E-state index >= 15 is 0 Å². The van der Waals surface area contributed by atoms with Crippen LogP contribution in [0.2, 0.25) is 5.02 Å². The molecule has 2 amide bonds. The van der Waals surface area contributed by atoms with E-state index in [0.717, 1.165) is 21.9 Å². The van der Waals surface area contributed by atoms with Gasteiger partial charge in [0.05, 0.1) is 27.6 Å². The van der Waals surface area contributed by atoms with E-state index in [1.165, 1.54) is 11.3 Å². The number of thiazole rings is 1. The Morgan fingerprint density at radius 3 is 2.79 bits per heavy atom. The van der Waals surface area contributed by atoms with E-state index in [0.29, 0.717) is 46.8 Å². The standard InChI is InChI=1S/C25H21ClN4O2S/c1-14-29-22(23(33-14)16-7-5-15(11-27)6-8-16)25(32)30-13-18-10-20(18)21(30)12-28-24(31)17-3-2-4-19(26)9-17/h2-9,18,20-21H,10,12-13H2,1H3,(H,28,31)/t18-,20-,21+/m0/s1. The first-order chi connectivity index (χ1) is 15.9. The van der Waals surface area contributed by atoms with Gasteiger partial charge in [-0.2, -0.15) is 5.26 Å². The van der Waals surface area contributed by atoms with Crippen molar-refractivity contribution in [1.82, 2.24) is 15.2 Å². The van der Waals surface area contributed by atoms with Crippen LogP contribution in [0.15, 0.2) is 48.5 Å². The molecular weight excluding hydrogens is 456 g/mol. The third kappa shape index (κ3) is 4.24. The number of halogens is 1. The lowest BCUT2D eigenvalue weighted by molar-refractivity contribution is 0.0690. The Morgan fingerprint density at radius 2 is 2.06 bits per heavy atom. The number of hydrogen-bond acceptors (Lipinski definition) is 5. The zero-order valence-electron chi connectivity index (χ0n) is 17.9.